The van der Waals surface area contributed by atoms with Gasteiger partial charge < -0.3 is 9.84 Å². The Kier molecular flexibility index (Phi) is 3.11. The van der Waals surface area contributed by atoms with Gasteiger partial charge in [0.05, 0.1) is 7.11 Å². The molecule has 84 valence electrons. The predicted molar refractivity (Wildman–Crippen MR) is 66.0 cm³/mol. The highest BCUT2D eigenvalue weighted by atomic mass is 16.5. The average molecular weight is 216 g/mol. The van der Waals surface area contributed by atoms with Crippen molar-refractivity contribution in [3.63, 3.8) is 0 Å². The van der Waals surface area contributed by atoms with Crippen molar-refractivity contribution in [1.29, 1.82) is 0 Å². The number of hydrogen-bond acceptors (Lipinski definition) is 2. The zero-order chi connectivity index (χ0) is 11.5. The van der Waals surface area contributed by atoms with E-state index in [9.17, 15) is 0 Å². The van der Waals surface area contributed by atoms with E-state index in [1.165, 1.54) is 0 Å². The Labute approximate surface area is 95.5 Å². The summed E-state index contributed by atoms with van der Waals surface area (Å²) < 4.78 is 5.30. The first kappa shape index (κ1) is 11.0. The van der Waals surface area contributed by atoms with Crippen molar-refractivity contribution < 1.29 is 9.84 Å². The van der Waals surface area contributed by atoms with Crippen LogP contribution in [0.25, 0.3) is 10.8 Å². The van der Waals surface area contributed by atoms with Gasteiger partial charge in [-0.3, -0.25) is 0 Å². The molecular formula is C14H16O2. The van der Waals surface area contributed by atoms with E-state index in [-0.39, 0.29) is 12.5 Å². The smallest absolute Gasteiger partial charge is 0.126 e. The number of aliphatic hydroxyl groups excluding tert-OH is 1. The minimum Gasteiger partial charge on any atom is -0.496 e. The van der Waals surface area contributed by atoms with E-state index in [4.69, 9.17) is 9.84 Å². The Morgan fingerprint density at radius 2 is 2.06 bits per heavy atom. The average Bonchev–Trinajstić information content (AvgIpc) is 2.36. The van der Waals surface area contributed by atoms with Gasteiger partial charge in [-0.25, -0.2) is 0 Å². The third-order valence-electron chi connectivity index (χ3n) is 2.93. The van der Waals surface area contributed by atoms with Crippen LogP contribution in [0.3, 0.4) is 0 Å². The molecule has 2 rings (SSSR count). The van der Waals surface area contributed by atoms with Crippen LogP contribution in [0.5, 0.6) is 5.75 Å². The largest absolute Gasteiger partial charge is 0.496 e. The van der Waals surface area contributed by atoms with Crippen molar-refractivity contribution in [2.24, 2.45) is 0 Å². The molecule has 2 aromatic rings. The number of fused-ring (bicyclic) bond motifs is 1. The van der Waals surface area contributed by atoms with Gasteiger partial charge in [0.1, 0.15) is 5.75 Å². The van der Waals surface area contributed by atoms with Gasteiger partial charge in [0.25, 0.3) is 0 Å². The van der Waals surface area contributed by atoms with Crippen LogP contribution >= 0.6 is 0 Å². The molecule has 0 saturated carbocycles. The molecule has 2 aromatic carbocycles. The Morgan fingerprint density at radius 3 is 2.75 bits per heavy atom. The minimum absolute atomic E-state index is 0.176. The van der Waals surface area contributed by atoms with Crippen LogP contribution in [0.2, 0.25) is 0 Å². The first-order valence-corrected chi connectivity index (χ1v) is 5.43. The van der Waals surface area contributed by atoms with Gasteiger partial charge >= 0.3 is 0 Å². The summed E-state index contributed by atoms with van der Waals surface area (Å²) in [5.74, 6) is 1.07. The Hall–Kier alpha value is -1.54. The van der Waals surface area contributed by atoms with Crippen molar-refractivity contribution in [2.45, 2.75) is 12.8 Å². The zero-order valence-electron chi connectivity index (χ0n) is 9.60. The van der Waals surface area contributed by atoms with E-state index >= 15 is 0 Å². The van der Waals surface area contributed by atoms with Crippen molar-refractivity contribution >= 4 is 10.8 Å². The molecule has 0 saturated heterocycles. The lowest BCUT2D eigenvalue weighted by Crippen LogP contribution is -1.98. The summed E-state index contributed by atoms with van der Waals surface area (Å²) >= 11 is 0. The van der Waals surface area contributed by atoms with E-state index in [2.05, 4.69) is 18.2 Å². The number of methoxy groups -OCH3 is 1. The molecule has 1 atom stereocenters. The first-order chi connectivity index (χ1) is 7.76. The molecule has 0 aromatic heterocycles. The highest BCUT2D eigenvalue weighted by molar-refractivity contribution is 5.88. The SMILES string of the molecule is COc1cccc2cc(C(C)CO)ccc12. The van der Waals surface area contributed by atoms with Gasteiger partial charge in [-0.05, 0) is 17.0 Å². The van der Waals surface area contributed by atoms with Crippen molar-refractivity contribution in [2.75, 3.05) is 13.7 Å². The molecule has 0 amide bonds. The number of ether oxygens (including phenoxy) is 1. The molecule has 0 aliphatic rings. The zero-order valence-corrected chi connectivity index (χ0v) is 9.60. The highest BCUT2D eigenvalue weighted by Gasteiger charge is 2.06. The van der Waals surface area contributed by atoms with Crippen molar-refractivity contribution in [3.8, 4) is 5.75 Å². The number of aliphatic hydroxyl groups is 1. The maximum atomic E-state index is 9.14. The molecule has 0 fully saturated rings. The maximum Gasteiger partial charge on any atom is 0.126 e. The van der Waals surface area contributed by atoms with E-state index in [0.717, 1.165) is 22.1 Å². The van der Waals surface area contributed by atoms with Crippen molar-refractivity contribution in [3.05, 3.63) is 42.0 Å². The van der Waals surface area contributed by atoms with Crippen molar-refractivity contribution in [1.82, 2.24) is 0 Å². The van der Waals surface area contributed by atoms with Gasteiger partial charge in [0.2, 0.25) is 0 Å². The molecule has 0 aliphatic carbocycles. The summed E-state index contributed by atoms with van der Waals surface area (Å²) in [5, 5.41) is 11.4. The lowest BCUT2D eigenvalue weighted by Gasteiger charge is -2.11. The normalized spacial score (nSPS) is 12.7. The first-order valence-electron chi connectivity index (χ1n) is 5.43. The summed E-state index contributed by atoms with van der Waals surface area (Å²) in [6, 6.07) is 12.2. The maximum absolute atomic E-state index is 9.14. The third-order valence-corrected chi connectivity index (χ3v) is 2.93. The molecular weight excluding hydrogens is 200 g/mol. The second-order valence-corrected chi connectivity index (χ2v) is 4.02. The summed E-state index contributed by atoms with van der Waals surface area (Å²) in [5.41, 5.74) is 1.16. The van der Waals surface area contributed by atoms with Crippen LogP contribution in [0.4, 0.5) is 0 Å². The van der Waals surface area contributed by atoms with Crippen LogP contribution in [-0.2, 0) is 0 Å². The fourth-order valence-corrected chi connectivity index (χ4v) is 1.86. The molecule has 0 heterocycles. The van der Waals surface area contributed by atoms with Gasteiger partial charge in [-0.1, -0.05) is 37.3 Å². The van der Waals surface area contributed by atoms with Gasteiger partial charge in [-0.2, -0.15) is 0 Å². The lowest BCUT2D eigenvalue weighted by molar-refractivity contribution is 0.273. The fraction of sp³-hybridized carbons (Fsp3) is 0.286. The topological polar surface area (TPSA) is 29.5 Å². The Balaban J connectivity index is 2.55. The van der Waals surface area contributed by atoms with E-state index in [1.54, 1.807) is 7.11 Å². The second kappa shape index (κ2) is 4.54. The molecule has 2 heteroatoms. The molecule has 1 N–H and O–H groups in total. The number of hydrogen-bond donors (Lipinski definition) is 1. The molecule has 0 radical (unpaired) electrons. The van der Waals surface area contributed by atoms with Crippen LogP contribution < -0.4 is 4.74 Å². The van der Waals surface area contributed by atoms with Gasteiger partial charge in [0, 0.05) is 17.9 Å². The van der Waals surface area contributed by atoms with Crippen LogP contribution in [0.1, 0.15) is 18.4 Å². The quantitative estimate of drug-likeness (QED) is 0.854. The molecule has 0 spiro atoms. The number of rotatable bonds is 3. The molecule has 0 aliphatic heterocycles. The van der Waals surface area contributed by atoms with Gasteiger partial charge in [0.15, 0.2) is 0 Å². The van der Waals surface area contributed by atoms with E-state index in [0.29, 0.717) is 0 Å². The predicted octanol–water partition coefficient (Wildman–Crippen LogP) is 2.94. The molecule has 16 heavy (non-hydrogen) atoms. The molecule has 2 nitrogen and oxygen atoms in total. The lowest BCUT2D eigenvalue weighted by atomic mass is 9.98. The summed E-state index contributed by atoms with van der Waals surface area (Å²) in [6.07, 6.45) is 0. The second-order valence-electron chi connectivity index (χ2n) is 4.02. The van der Waals surface area contributed by atoms with E-state index < -0.39 is 0 Å². The highest BCUT2D eigenvalue weighted by Crippen LogP contribution is 2.28. The minimum atomic E-state index is 0.176. The van der Waals surface area contributed by atoms with Crippen LogP contribution in [0, 0.1) is 0 Å². The molecule has 1 unspecified atom stereocenters. The standard InChI is InChI=1S/C14H16O2/c1-10(9-15)11-6-7-13-12(8-11)4-3-5-14(13)16-2/h3-8,10,15H,9H2,1-2H3. The Bertz CT molecular complexity index is 491. The fourth-order valence-electron chi connectivity index (χ4n) is 1.86. The van der Waals surface area contributed by atoms with Crippen LogP contribution in [0.15, 0.2) is 36.4 Å². The molecule has 0 bridgehead atoms. The van der Waals surface area contributed by atoms with Crippen LogP contribution in [-0.4, -0.2) is 18.8 Å². The monoisotopic (exact) mass is 216 g/mol. The summed E-state index contributed by atoms with van der Waals surface area (Å²) in [6.45, 7) is 2.19. The summed E-state index contributed by atoms with van der Waals surface area (Å²) in [4.78, 5) is 0. The van der Waals surface area contributed by atoms with E-state index in [1.807, 2.05) is 25.1 Å². The summed E-state index contributed by atoms with van der Waals surface area (Å²) in [7, 11) is 1.68. The van der Waals surface area contributed by atoms with Gasteiger partial charge in [-0.15, -0.1) is 0 Å². The Morgan fingerprint density at radius 1 is 1.25 bits per heavy atom. The number of benzene rings is 2. The third kappa shape index (κ3) is 1.89.